The lowest BCUT2D eigenvalue weighted by atomic mass is 9.83. The zero-order valence-electron chi connectivity index (χ0n) is 16.2. The SMILES string of the molecule is N[C@@H](CC(=O)NC1(c2c(F)cccc2F)CCS(=O)(=O)CC1)Cc1ccccc1F. The van der Waals surface area contributed by atoms with Gasteiger partial charge in [-0.05, 0) is 43.0 Å². The van der Waals surface area contributed by atoms with Crippen LogP contribution in [0.3, 0.4) is 0 Å². The first-order valence-electron chi connectivity index (χ1n) is 9.57. The number of rotatable bonds is 6. The van der Waals surface area contributed by atoms with Crippen LogP contribution in [-0.4, -0.2) is 31.9 Å². The summed E-state index contributed by atoms with van der Waals surface area (Å²) in [4.78, 5) is 12.7. The smallest absolute Gasteiger partial charge is 0.222 e. The monoisotopic (exact) mass is 440 g/mol. The molecule has 0 aromatic heterocycles. The molecule has 162 valence electrons. The van der Waals surface area contributed by atoms with Crippen LogP contribution >= 0.6 is 0 Å². The Morgan fingerprint density at radius 1 is 1.00 bits per heavy atom. The summed E-state index contributed by atoms with van der Waals surface area (Å²) >= 11 is 0. The topological polar surface area (TPSA) is 89.3 Å². The number of benzene rings is 2. The molecule has 1 aliphatic heterocycles. The molecule has 0 saturated carbocycles. The fourth-order valence-corrected chi connectivity index (χ4v) is 5.38. The van der Waals surface area contributed by atoms with Gasteiger partial charge in [-0.1, -0.05) is 24.3 Å². The summed E-state index contributed by atoms with van der Waals surface area (Å²) in [6.45, 7) is 0. The van der Waals surface area contributed by atoms with Gasteiger partial charge in [0.25, 0.3) is 0 Å². The lowest BCUT2D eigenvalue weighted by molar-refractivity contribution is -0.123. The standard InChI is InChI=1S/C21H23F3N2O3S/c22-16-5-2-1-4-14(16)12-15(25)13-19(27)26-21(8-10-30(28,29)11-9-21)20-17(23)6-3-7-18(20)24/h1-7,15H,8-13,25H2,(H,26,27)/t15-/m1/s1. The average molecular weight is 440 g/mol. The number of hydrogen-bond acceptors (Lipinski definition) is 4. The lowest BCUT2D eigenvalue weighted by Gasteiger charge is -2.39. The van der Waals surface area contributed by atoms with Crippen molar-refractivity contribution in [1.29, 1.82) is 0 Å². The highest BCUT2D eigenvalue weighted by Gasteiger charge is 2.43. The Kier molecular flexibility index (Phi) is 6.52. The number of carbonyl (C=O) groups excluding carboxylic acids is 1. The minimum absolute atomic E-state index is 0.107. The highest BCUT2D eigenvalue weighted by Crippen LogP contribution is 2.37. The zero-order chi connectivity index (χ0) is 21.9. The van der Waals surface area contributed by atoms with Crippen molar-refractivity contribution in [3.05, 3.63) is 71.0 Å². The summed E-state index contributed by atoms with van der Waals surface area (Å²) in [6.07, 6.45) is -0.405. The fraction of sp³-hybridized carbons (Fsp3) is 0.381. The van der Waals surface area contributed by atoms with Crippen molar-refractivity contribution in [3.63, 3.8) is 0 Å². The summed E-state index contributed by atoms with van der Waals surface area (Å²) in [6, 6.07) is 8.67. The Balaban J connectivity index is 1.80. The van der Waals surface area contributed by atoms with Crippen LogP contribution in [0.5, 0.6) is 0 Å². The molecular weight excluding hydrogens is 417 g/mol. The van der Waals surface area contributed by atoms with E-state index in [0.717, 1.165) is 12.1 Å². The quantitative estimate of drug-likeness (QED) is 0.723. The number of carbonyl (C=O) groups is 1. The molecule has 1 amide bonds. The molecular formula is C21H23F3N2O3S. The molecule has 9 heteroatoms. The molecule has 1 fully saturated rings. The van der Waals surface area contributed by atoms with E-state index in [-0.39, 0.29) is 42.8 Å². The second kappa shape index (κ2) is 8.77. The summed E-state index contributed by atoms with van der Waals surface area (Å²) in [7, 11) is -3.35. The third-order valence-electron chi connectivity index (χ3n) is 5.39. The lowest BCUT2D eigenvalue weighted by Crippen LogP contribution is -2.52. The van der Waals surface area contributed by atoms with Crippen LogP contribution in [0.1, 0.15) is 30.4 Å². The molecule has 5 nitrogen and oxygen atoms in total. The van der Waals surface area contributed by atoms with Crippen molar-refractivity contribution in [3.8, 4) is 0 Å². The van der Waals surface area contributed by atoms with Gasteiger partial charge in [0.15, 0.2) is 9.84 Å². The molecule has 3 N–H and O–H groups in total. The van der Waals surface area contributed by atoms with Gasteiger partial charge in [0.1, 0.15) is 17.5 Å². The van der Waals surface area contributed by atoms with E-state index in [1.54, 1.807) is 18.2 Å². The van der Waals surface area contributed by atoms with Gasteiger partial charge in [-0.25, -0.2) is 21.6 Å². The fourth-order valence-electron chi connectivity index (χ4n) is 3.85. The van der Waals surface area contributed by atoms with E-state index in [9.17, 15) is 26.4 Å². The molecule has 0 unspecified atom stereocenters. The maximum Gasteiger partial charge on any atom is 0.222 e. The Morgan fingerprint density at radius 2 is 1.57 bits per heavy atom. The molecule has 0 spiro atoms. The second-order valence-electron chi connectivity index (χ2n) is 7.64. The van der Waals surface area contributed by atoms with Gasteiger partial charge in [-0.2, -0.15) is 0 Å². The van der Waals surface area contributed by atoms with Crippen LogP contribution in [0.25, 0.3) is 0 Å². The van der Waals surface area contributed by atoms with Gasteiger partial charge < -0.3 is 11.1 Å². The van der Waals surface area contributed by atoms with Gasteiger partial charge in [0.05, 0.1) is 17.0 Å². The minimum Gasteiger partial charge on any atom is -0.346 e. The minimum atomic E-state index is -3.35. The van der Waals surface area contributed by atoms with Gasteiger partial charge in [0, 0.05) is 18.0 Å². The largest absolute Gasteiger partial charge is 0.346 e. The second-order valence-corrected chi connectivity index (χ2v) is 9.94. The maximum absolute atomic E-state index is 14.5. The van der Waals surface area contributed by atoms with Crippen LogP contribution in [-0.2, 0) is 26.6 Å². The van der Waals surface area contributed by atoms with Crippen LogP contribution in [0.4, 0.5) is 13.2 Å². The molecule has 1 heterocycles. The summed E-state index contributed by atoms with van der Waals surface area (Å²) < 4.78 is 66.6. The number of nitrogens with one attached hydrogen (secondary N) is 1. The van der Waals surface area contributed by atoms with Crippen molar-refractivity contribution < 1.29 is 26.4 Å². The van der Waals surface area contributed by atoms with Crippen molar-refractivity contribution in [2.24, 2.45) is 5.73 Å². The molecule has 0 aliphatic carbocycles. The molecule has 30 heavy (non-hydrogen) atoms. The Morgan fingerprint density at radius 3 is 2.17 bits per heavy atom. The third-order valence-corrected chi connectivity index (χ3v) is 7.04. The summed E-state index contributed by atoms with van der Waals surface area (Å²) in [5.41, 5.74) is 4.51. The molecule has 0 bridgehead atoms. The van der Waals surface area contributed by atoms with Gasteiger partial charge in [0.2, 0.25) is 5.91 Å². The first kappa shape index (κ1) is 22.3. The van der Waals surface area contributed by atoms with Crippen molar-refractivity contribution in [2.75, 3.05) is 11.5 Å². The van der Waals surface area contributed by atoms with Crippen molar-refractivity contribution in [1.82, 2.24) is 5.32 Å². The Labute approximate surface area is 173 Å². The van der Waals surface area contributed by atoms with Crippen LogP contribution < -0.4 is 11.1 Å². The summed E-state index contributed by atoms with van der Waals surface area (Å²) in [5, 5.41) is 2.64. The van der Waals surface area contributed by atoms with E-state index in [0.29, 0.717) is 5.56 Å². The average Bonchev–Trinajstić information content (AvgIpc) is 2.66. The van der Waals surface area contributed by atoms with Gasteiger partial charge >= 0.3 is 0 Å². The Bertz CT molecular complexity index is 1010. The van der Waals surface area contributed by atoms with E-state index < -0.39 is 44.8 Å². The zero-order valence-corrected chi connectivity index (χ0v) is 17.0. The highest BCUT2D eigenvalue weighted by molar-refractivity contribution is 7.91. The van der Waals surface area contributed by atoms with Gasteiger partial charge in [-0.15, -0.1) is 0 Å². The van der Waals surface area contributed by atoms with Crippen LogP contribution in [0, 0.1) is 17.5 Å². The van der Waals surface area contributed by atoms with Crippen molar-refractivity contribution >= 4 is 15.7 Å². The molecule has 3 rings (SSSR count). The van der Waals surface area contributed by atoms with E-state index in [2.05, 4.69) is 5.32 Å². The van der Waals surface area contributed by atoms with E-state index in [1.165, 1.54) is 12.1 Å². The summed E-state index contributed by atoms with van der Waals surface area (Å²) in [5.74, 6) is -3.34. The Hall–Kier alpha value is -2.39. The molecule has 2 aromatic carbocycles. The maximum atomic E-state index is 14.5. The predicted octanol–water partition coefficient (Wildman–Crippen LogP) is 2.58. The normalized spacial score (nSPS) is 18.5. The number of amides is 1. The number of nitrogens with two attached hydrogens (primary N) is 1. The molecule has 1 atom stereocenters. The van der Waals surface area contributed by atoms with Gasteiger partial charge in [-0.3, -0.25) is 4.79 Å². The molecule has 1 saturated heterocycles. The van der Waals surface area contributed by atoms with E-state index in [4.69, 9.17) is 5.73 Å². The number of hydrogen-bond donors (Lipinski definition) is 2. The molecule has 2 aromatic rings. The first-order chi connectivity index (χ1) is 14.1. The van der Waals surface area contributed by atoms with E-state index >= 15 is 0 Å². The van der Waals surface area contributed by atoms with Crippen LogP contribution in [0.15, 0.2) is 42.5 Å². The third kappa shape index (κ3) is 5.02. The highest BCUT2D eigenvalue weighted by atomic mass is 32.2. The first-order valence-corrected chi connectivity index (χ1v) is 11.4. The predicted molar refractivity (Wildman–Crippen MR) is 107 cm³/mol. The molecule has 0 radical (unpaired) electrons. The molecule has 1 aliphatic rings. The number of halogens is 3. The van der Waals surface area contributed by atoms with E-state index in [1.807, 2.05) is 0 Å². The number of sulfone groups is 1. The van der Waals surface area contributed by atoms with Crippen molar-refractivity contribution in [2.45, 2.75) is 37.3 Å². The van der Waals surface area contributed by atoms with Crippen LogP contribution in [0.2, 0.25) is 0 Å².